The zero-order chi connectivity index (χ0) is 20.6. The zero-order valence-corrected chi connectivity index (χ0v) is 17.8. The topological polar surface area (TPSA) is 65.9 Å². The smallest absolute Gasteiger partial charge is 0.225 e. The first-order valence-electron chi connectivity index (χ1n) is 11.0. The molecule has 1 aliphatic heterocycles. The third kappa shape index (κ3) is 5.08. The molecule has 2 aliphatic rings. The van der Waals surface area contributed by atoms with Crippen LogP contribution in [0.5, 0.6) is 0 Å². The van der Waals surface area contributed by atoms with E-state index in [2.05, 4.69) is 54.3 Å². The minimum absolute atomic E-state index is 0.252. The second-order valence-corrected chi connectivity index (χ2v) is 7.80. The van der Waals surface area contributed by atoms with Crippen molar-refractivity contribution in [2.24, 2.45) is 4.99 Å². The zero-order valence-electron chi connectivity index (χ0n) is 17.8. The molecule has 1 aromatic heterocycles. The maximum atomic E-state index is 6.22. The van der Waals surface area contributed by atoms with E-state index in [4.69, 9.17) is 4.74 Å². The fraction of sp³-hybridized carbons (Fsp3) is 0.522. The van der Waals surface area contributed by atoms with E-state index in [9.17, 15) is 0 Å². The van der Waals surface area contributed by atoms with Gasteiger partial charge in [-0.05, 0) is 42.9 Å². The number of hydrogen-bond donors (Lipinski definition) is 1. The molecule has 1 unspecified atom stereocenters. The highest BCUT2D eigenvalue weighted by atomic mass is 16.5. The van der Waals surface area contributed by atoms with Gasteiger partial charge in [0.05, 0.1) is 6.10 Å². The molecule has 1 aliphatic carbocycles. The van der Waals surface area contributed by atoms with Crippen molar-refractivity contribution in [1.82, 2.24) is 20.2 Å². The minimum Gasteiger partial charge on any atom is -0.373 e. The summed E-state index contributed by atoms with van der Waals surface area (Å²) in [7, 11) is 1.85. The molecule has 0 spiro atoms. The van der Waals surface area contributed by atoms with Crippen LogP contribution in [0.3, 0.4) is 0 Å². The summed E-state index contributed by atoms with van der Waals surface area (Å²) in [5.41, 5.74) is 2.83. The lowest BCUT2D eigenvalue weighted by Gasteiger charge is -2.36. The Balaban J connectivity index is 1.17. The highest BCUT2D eigenvalue weighted by Crippen LogP contribution is 2.32. The molecule has 4 rings (SSSR count). The Hall–Kier alpha value is -2.67. The van der Waals surface area contributed by atoms with Crippen LogP contribution in [0.2, 0.25) is 0 Å². The standard InChI is InChI=1S/C23H32N6O/c1-24-22(28-14-16-29(17-15-28)23-26-11-5-12-27-23)25-13-6-18-30-21-10-4-8-19-7-2-3-9-20(19)21/h2-3,5,7,9,11-12,21H,4,6,8,10,13-18H2,1H3,(H,24,25). The van der Waals surface area contributed by atoms with E-state index < -0.39 is 0 Å². The van der Waals surface area contributed by atoms with Crippen LogP contribution >= 0.6 is 0 Å². The molecule has 0 bridgehead atoms. The molecule has 2 heterocycles. The SMILES string of the molecule is CN=C(NCCCOC1CCCc2ccccc21)N1CCN(c2ncccn2)CC1. The van der Waals surface area contributed by atoms with Gasteiger partial charge in [-0.3, -0.25) is 4.99 Å². The molecule has 0 amide bonds. The fourth-order valence-electron chi connectivity index (χ4n) is 4.29. The third-order valence-electron chi connectivity index (χ3n) is 5.86. The number of aryl methyl sites for hydroxylation is 1. The van der Waals surface area contributed by atoms with Crippen LogP contribution in [0.4, 0.5) is 5.95 Å². The number of piperazine rings is 1. The molecule has 1 fully saturated rings. The first-order valence-corrected chi connectivity index (χ1v) is 11.0. The number of nitrogens with zero attached hydrogens (tertiary/aromatic N) is 5. The average Bonchev–Trinajstić information content (AvgIpc) is 2.82. The summed E-state index contributed by atoms with van der Waals surface area (Å²) in [4.78, 5) is 17.7. The Labute approximate surface area is 179 Å². The van der Waals surface area contributed by atoms with Gasteiger partial charge in [0.25, 0.3) is 0 Å². The quantitative estimate of drug-likeness (QED) is 0.450. The van der Waals surface area contributed by atoms with Gasteiger partial charge in [0.1, 0.15) is 0 Å². The number of fused-ring (bicyclic) bond motifs is 1. The summed E-state index contributed by atoms with van der Waals surface area (Å²) in [5.74, 6) is 1.77. The molecule has 7 heteroatoms. The number of nitrogens with one attached hydrogen (secondary N) is 1. The van der Waals surface area contributed by atoms with Crippen molar-refractivity contribution in [2.45, 2.75) is 31.8 Å². The van der Waals surface area contributed by atoms with Crippen LogP contribution < -0.4 is 10.2 Å². The van der Waals surface area contributed by atoms with Crippen LogP contribution in [-0.2, 0) is 11.2 Å². The molecule has 1 saturated heterocycles. The summed E-state index contributed by atoms with van der Waals surface area (Å²) >= 11 is 0. The van der Waals surface area contributed by atoms with Crippen molar-refractivity contribution >= 4 is 11.9 Å². The number of rotatable bonds is 6. The van der Waals surface area contributed by atoms with Gasteiger partial charge in [0, 0.05) is 58.8 Å². The van der Waals surface area contributed by atoms with Crippen molar-refractivity contribution in [3.8, 4) is 0 Å². The van der Waals surface area contributed by atoms with E-state index in [0.29, 0.717) is 0 Å². The Morgan fingerprint density at radius 3 is 2.73 bits per heavy atom. The van der Waals surface area contributed by atoms with Gasteiger partial charge in [0.2, 0.25) is 5.95 Å². The van der Waals surface area contributed by atoms with Crippen molar-refractivity contribution in [2.75, 3.05) is 51.3 Å². The lowest BCUT2D eigenvalue weighted by Crippen LogP contribution is -2.53. The number of benzene rings is 1. The van der Waals surface area contributed by atoms with Crippen LogP contribution in [0.25, 0.3) is 0 Å². The maximum Gasteiger partial charge on any atom is 0.225 e. The summed E-state index contributed by atoms with van der Waals surface area (Å²) < 4.78 is 6.22. The summed E-state index contributed by atoms with van der Waals surface area (Å²) in [6, 6.07) is 10.6. The predicted molar refractivity (Wildman–Crippen MR) is 120 cm³/mol. The second-order valence-electron chi connectivity index (χ2n) is 7.80. The molecular formula is C23H32N6O. The number of anilines is 1. The van der Waals surface area contributed by atoms with E-state index in [-0.39, 0.29) is 6.10 Å². The number of aromatic nitrogens is 2. The molecule has 160 valence electrons. The highest BCUT2D eigenvalue weighted by Gasteiger charge is 2.22. The fourth-order valence-corrected chi connectivity index (χ4v) is 4.29. The van der Waals surface area contributed by atoms with Crippen LogP contribution in [-0.4, -0.2) is 67.2 Å². The van der Waals surface area contributed by atoms with Crippen molar-refractivity contribution in [3.63, 3.8) is 0 Å². The monoisotopic (exact) mass is 408 g/mol. The highest BCUT2D eigenvalue weighted by molar-refractivity contribution is 5.80. The van der Waals surface area contributed by atoms with Crippen LogP contribution in [0.15, 0.2) is 47.7 Å². The van der Waals surface area contributed by atoms with Crippen molar-refractivity contribution in [1.29, 1.82) is 0 Å². The average molecular weight is 409 g/mol. The number of aliphatic imine (C=N–C) groups is 1. The summed E-state index contributed by atoms with van der Waals surface area (Å²) in [5, 5.41) is 3.50. The normalized spacial score (nSPS) is 19.5. The minimum atomic E-state index is 0.252. The van der Waals surface area contributed by atoms with Crippen molar-refractivity contribution in [3.05, 3.63) is 53.9 Å². The van der Waals surface area contributed by atoms with Gasteiger partial charge < -0.3 is 19.9 Å². The van der Waals surface area contributed by atoms with Crippen LogP contribution in [0, 0.1) is 0 Å². The first kappa shape index (κ1) is 20.6. The Morgan fingerprint density at radius 1 is 1.13 bits per heavy atom. The summed E-state index contributed by atoms with van der Waals surface area (Å²) in [6.07, 6.45) is 8.33. The second kappa shape index (κ2) is 10.4. The molecule has 0 radical (unpaired) electrons. The molecular weight excluding hydrogens is 376 g/mol. The molecule has 1 N–H and O–H groups in total. The summed E-state index contributed by atoms with van der Waals surface area (Å²) in [6.45, 7) is 5.25. The predicted octanol–water partition coefficient (Wildman–Crippen LogP) is 2.66. The third-order valence-corrected chi connectivity index (χ3v) is 5.86. The number of ether oxygens (including phenoxy) is 1. The van der Waals surface area contributed by atoms with Crippen LogP contribution in [0.1, 0.15) is 36.5 Å². The number of hydrogen-bond acceptors (Lipinski definition) is 5. The Kier molecular flexibility index (Phi) is 7.13. The van der Waals surface area contributed by atoms with E-state index >= 15 is 0 Å². The first-order chi connectivity index (χ1) is 14.8. The lowest BCUT2D eigenvalue weighted by atomic mass is 9.89. The molecule has 1 aromatic carbocycles. The Morgan fingerprint density at radius 2 is 1.93 bits per heavy atom. The van der Waals surface area contributed by atoms with Gasteiger partial charge in [-0.15, -0.1) is 0 Å². The van der Waals surface area contributed by atoms with Gasteiger partial charge in [-0.1, -0.05) is 24.3 Å². The molecule has 1 atom stereocenters. The van der Waals surface area contributed by atoms with Gasteiger partial charge in [-0.2, -0.15) is 0 Å². The lowest BCUT2D eigenvalue weighted by molar-refractivity contribution is 0.0397. The van der Waals surface area contributed by atoms with E-state index in [1.165, 1.54) is 24.0 Å². The van der Waals surface area contributed by atoms with Gasteiger partial charge in [0.15, 0.2) is 5.96 Å². The Bertz CT molecular complexity index is 819. The van der Waals surface area contributed by atoms with E-state index in [1.54, 1.807) is 12.4 Å². The number of guanidine groups is 1. The van der Waals surface area contributed by atoms with E-state index in [0.717, 1.165) is 64.1 Å². The molecule has 7 nitrogen and oxygen atoms in total. The van der Waals surface area contributed by atoms with Gasteiger partial charge >= 0.3 is 0 Å². The van der Waals surface area contributed by atoms with Gasteiger partial charge in [-0.25, -0.2) is 9.97 Å². The molecule has 0 saturated carbocycles. The maximum absolute atomic E-state index is 6.22. The van der Waals surface area contributed by atoms with Crippen molar-refractivity contribution < 1.29 is 4.74 Å². The molecule has 2 aromatic rings. The largest absolute Gasteiger partial charge is 0.373 e. The molecule has 30 heavy (non-hydrogen) atoms. The van der Waals surface area contributed by atoms with E-state index in [1.807, 2.05) is 13.1 Å².